The highest BCUT2D eigenvalue weighted by atomic mass is 32.2. The first kappa shape index (κ1) is 35.4. The molecule has 254 valence electrons. The van der Waals surface area contributed by atoms with Gasteiger partial charge in [0.25, 0.3) is 22.7 Å². The van der Waals surface area contributed by atoms with Crippen LogP contribution in [0, 0.1) is 12.1 Å². The van der Waals surface area contributed by atoms with E-state index in [-0.39, 0.29) is 34.1 Å². The molecule has 17 heteroatoms. The van der Waals surface area contributed by atoms with Gasteiger partial charge in [-0.25, -0.2) is 17.8 Å². The first-order chi connectivity index (χ1) is 22.7. The summed E-state index contributed by atoms with van der Waals surface area (Å²) >= 11 is 0. The first-order valence-electron chi connectivity index (χ1n) is 14.3. The van der Waals surface area contributed by atoms with Crippen LogP contribution in [-0.2, 0) is 41.8 Å². The molecule has 4 rings (SSSR count). The van der Waals surface area contributed by atoms with Crippen LogP contribution in [0.3, 0.4) is 0 Å². The second-order valence-corrected chi connectivity index (χ2v) is 12.1. The average Bonchev–Trinajstić information content (AvgIpc) is 3.52. The number of amides is 1. The van der Waals surface area contributed by atoms with Crippen LogP contribution in [0.4, 0.5) is 13.2 Å². The molecule has 0 aliphatic heterocycles. The second kappa shape index (κ2) is 15.0. The van der Waals surface area contributed by atoms with Crippen LogP contribution in [0.2, 0.25) is 0 Å². The smallest absolute Gasteiger partial charge is 0.435 e. The molecule has 0 aliphatic rings. The van der Waals surface area contributed by atoms with E-state index in [1.165, 1.54) is 19.2 Å². The van der Waals surface area contributed by atoms with Gasteiger partial charge >= 0.3 is 12.1 Å². The molecule has 1 heterocycles. The van der Waals surface area contributed by atoms with Gasteiger partial charge in [0.05, 0.1) is 28.3 Å². The largest absolute Gasteiger partial charge is 0.569 e. The Bertz CT molecular complexity index is 1870. The third-order valence-corrected chi connectivity index (χ3v) is 8.32. The van der Waals surface area contributed by atoms with Gasteiger partial charge in [-0.15, -0.1) is 5.01 Å². The molecule has 3 aromatic carbocycles. The number of benzene rings is 3. The Labute approximate surface area is 273 Å². The molecule has 0 saturated heterocycles. The zero-order valence-corrected chi connectivity index (χ0v) is 26.7. The topological polar surface area (TPSA) is 158 Å². The molecule has 48 heavy (non-hydrogen) atoms. The van der Waals surface area contributed by atoms with Crippen LogP contribution in [0.15, 0.2) is 95.1 Å². The van der Waals surface area contributed by atoms with Gasteiger partial charge < -0.3 is 14.8 Å². The number of halogens is 3. The van der Waals surface area contributed by atoms with E-state index in [2.05, 4.69) is 20.0 Å². The number of likely N-dealkylation sites (N-methyl/N-ethyl adjacent to an activating group) is 1. The van der Waals surface area contributed by atoms with Crippen molar-refractivity contribution in [3.8, 4) is 16.9 Å². The van der Waals surface area contributed by atoms with Crippen molar-refractivity contribution in [1.29, 1.82) is 0 Å². The Morgan fingerprint density at radius 1 is 1.06 bits per heavy atom. The number of aromatic nitrogens is 2. The van der Waals surface area contributed by atoms with Crippen LogP contribution in [0.1, 0.15) is 30.2 Å². The molecule has 1 N–H and O–H groups in total. The third-order valence-electron chi connectivity index (χ3n) is 6.96. The maximum atomic E-state index is 13.6. The van der Waals surface area contributed by atoms with E-state index >= 15 is 0 Å². The van der Waals surface area contributed by atoms with E-state index in [0.29, 0.717) is 11.1 Å². The van der Waals surface area contributed by atoms with E-state index in [0.717, 1.165) is 33.5 Å². The molecular formula is C31H31F3N6O7S. The van der Waals surface area contributed by atoms with Gasteiger partial charge in [-0.05, 0) is 42.8 Å². The number of hydrazine groups is 1. The predicted octanol–water partition coefficient (Wildman–Crippen LogP) is 4.93. The summed E-state index contributed by atoms with van der Waals surface area (Å²) in [6.07, 6.45) is -4.79. The Morgan fingerprint density at radius 2 is 1.71 bits per heavy atom. The number of hydrogen-bond donors (Lipinski definition) is 1. The van der Waals surface area contributed by atoms with Crippen molar-refractivity contribution in [1.82, 2.24) is 19.5 Å². The average molecular weight is 689 g/mol. The van der Waals surface area contributed by atoms with Gasteiger partial charge in [0.2, 0.25) is 5.28 Å². The summed E-state index contributed by atoms with van der Waals surface area (Å²) in [7, 11) is -3.37. The monoisotopic (exact) mass is 688 g/mol. The molecule has 0 spiro atoms. The summed E-state index contributed by atoms with van der Waals surface area (Å²) in [5.74, 6) is -1.69. The van der Waals surface area contributed by atoms with Gasteiger partial charge in [-0.2, -0.15) is 18.3 Å². The summed E-state index contributed by atoms with van der Waals surface area (Å²) in [5.41, 5.74) is 1.04. The molecule has 4 aromatic rings. The number of esters is 1. The normalized spacial score (nSPS) is 12.7. The minimum absolute atomic E-state index is 0.0670. The number of hydrogen-bond acceptors (Lipinski definition) is 9. The molecule has 0 bridgehead atoms. The van der Waals surface area contributed by atoms with Gasteiger partial charge in [0, 0.05) is 18.4 Å². The summed E-state index contributed by atoms with van der Waals surface area (Å²) in [5, 5.41) is 20.4. The molecule has 13 nitrogen and oxygen atoms in total. The van der Waals surface area contributed by atoms with Crippen molar-refractivity contribution < 1.29 is 45.7 Å². The number of nitrogens with one attached hydrogen (secondary N) is 1. The lowest BCUT2D eigenvalue weighted by molar-refractivity contribution is -0.710. The SMILES string of the molecule is CCC(=O)OCO/N=[N+](\[O-])N(C)[C@@H](Cc1ccccc1)C(=O)NS(=O)(=O)c1ccc(-n2nc(C(F)(F)F)cc2-c2ccc(C)cc2)cc1. The van der Waals surface area contributed by atoms with Crippen LogP contribution < -0.4 is 4.72 Å². The highest BCUT2D eigenvalue weighted by Gasteiger charge is 2.36. The lowest BCUT2D eigenvalue weighted by atomic mass is 10.1. The number of rotatable bonds is 13. The predicted molar refractivity (Wildman–Crippen MR) is 164 cm³/mol. The number of sulfonamides is 1. The summed E-state index contributed by atoms with van der Waals surface area (Å²) in [6, 6.07) is 19.4. The van der Waals surface area contributed by atoms with Gasteiger partial charge in [0.1, 0.15) is 0 Å². The molecule has 1 atom stereocenters. The highest BCUT2D eigenvalue weighted by molar-refractivity contribution is 7.90. The van der Waals surface area contributed by atoms with Crippen molar-refractivity contribution in [3.05, 3.63) is 107 Å². The van der Waals surface area contributed by atoms with Crippen LogP contribution in [-0.4, -0.2) is 59.9 Å². The van der Waals surface area contributed by atoms with Gasteiger partial charge in [0.15, 0.2) is 11.7 Å². The van der Waals surface area contributed by atoms with E-state index in [1.807, 2.05) is 11.6 Å². The van der Waals surface area contributed by atoms with Crippen molar-refractivity contribution in [2.75, 3.05) is 13.8 Å². The first-order valence-corrected chi connectivity index (χ1v) is 15.8. The zero-order valence-electron chi connectivity index (χ0n) is 25.9. The summed E-state index contributed by atoms with van der Waals surface area (Å²) in [6.45, 7) is 2.72. The van der Waals surface area contributed by atoms with E-state index in [9.17, 15) is 36.4 Å². The van der Waals surface area contributed by atoms with Crippen molar-refractivity contribution >= 4 is 21.9 Å². The maximum Gasteiger partial charge on any atom is 0.435 e. The summed E-state index contributed by atoms with van der Waals surface area (Å²) < 4.78 is 75.0. The molecule has 1 aromatic heterocycles. The number of carbonyl (C=O) groups excluding carboxylic acids is 2. The summed E-state index contributed by atoms with van der Waals surface area (Å²) in [4.78, 5) is 28.8. The molecule has 0 saturated carbocycles. The lowest BCUT2D eigenvalue weighted by Crippen LogP contribution is -2.50. The number of carbonyl (C=O) groups is 2. The molecule has 0 unspecified atom stereocenters. The van der Waals surface area contributed by atoms with Gasteiger partial charge in [-0.1, -0.05) is 67.1 Å². The molecule has 0 aliphatic carbocycles. The number of aryl methyl sites for hydroxylation is 1. The fourth-order valence-corrected chi connectivity index (χ4v) is 5.36. The van der Waals surface area contributed by atoms with E-state index in [1.54, 1.807) is 61.5 Å². The van der Waals surface area contributed by atoms with Crippen molar-refractivity contribution in [2.45, 2.75) is 43.8 Å². The number of nitrogens with zero attached hydrogens (tertiary/aromatic N) is 5. The Kier molecular flexibility index (Phi) is 11.0. The molecular weight excluding hydrogens is 657 g/mol. The lowest BCUT2D eigenvalue weighted by Gasteiger charge is -2.23. The zero-order chi connectivity index (χ0) is 35.1. The Hall–Kier alpha value is -5.45. The third kappa shape index (κ3) is 8.87. The minimum atomic E-state index is -4.73. The number of alkyl halides is 3. The Morgan fingerprint density at radius 3 is 2.31 bits per heavy atom. The van der Waals surface area contributed by atoms with Gasteiger partial charge in [-0.3, -0.25) is 9.59 Å². The quantitative estimate of drug-likeness (QED) is 0.0513. The maximum absolute atomic E-state index is 13.6. The fourth-order valence-electron chi connectivity index (χ4n) is 4.35. The van der Waals surface area contributed by atoms with Crippen molar-refractivity contribution in [3.63, 3.8) is 0 Å². The fraction of sp³-hybridized carbons (Fsp3) is 0.258. The molecule has 1 amide bonds. The van der Waals surface area contributed by atoms with E-state index in [4.69, 9.17) is 0 Å². The highest BCUT2D eigenvalue weighted by Crippen LogP contribution is 2.33. The number of ether oxygens (including phenoxy) is 1. The molecule has 0 radical (unpaired) electrons. The standard InChI is InChI=1S/C31H31F3N6O7S/c1-4-29(41)46-20-47-37-40(43)38(3)27(18-22-8-6-5-7-9-22)30(42)36-48(44,45)25-16-14-24(15-17-25)39-26(19-28(35-39)31(32,33)34)23-12-10-21(2)11-13-23/h5-17,19,27H,4,18,20H2,1-3H3,(H,36,42)/b40-37-/t27-/m0/s1. The van der Waals surface area contributed by atoms with Crippen molar-refractivity contribution in [2.24, 2.45) is 5.28 Å². The Balaban J connectivity index is 1.58. The second-order valence-electron chi connectivity index (χ2n) is 10.4. The molecule has 0 fully saturated rings. The van der Waals surface area contributed by atoms with Crippen LogP contribution >= 0.6 is 0 Å². The van der Waals surface area contributed by atoms with E-state index < -0.39 is 46.6 Å². The van der Waals surface area contributed by atoms with Crippen LogP contribution in [0.25, 0.3) is 16.9 Å². The minimum Gasteiger partial charge on any atom is -0.569 e. The van der Waals surface area contributed by atoms with Crippen LogP contribution in [0.5, 0.6) is 0 Å².